The number of ether oxygens (including phenoxy) is 1. The Morgan fingerprint density at radius 1 is 0.959 bits per heavy atom. The van der Waals surface area contributed by atoms with E-state index in [1.54, 1.807) is 18.2 Å². The maximum absolute atomic E-state index is 14.8. The summed E-state index contributed by atoms with van der Waals surface area (Å²) in [6.45, 7) is 0.336. The predicted octanol–water partition coefficient (Wildman–Crippen LogP) is 9.33. The van der Waals surface area contributed by atoms with Crippen molar-refractivity contribution >= 4 is 17.5 Å². The van der Waals surface area contributed by atoms with Crippen LogP contribution in [-0.2, 0) is 12.1 Å². The number of carbonyl (C=O) groups excluding carboxylic acids is 1. The molecule has 1 heterocycles. The molecule has 1 amide bonds. The number of hydrogen-bond donors (Lipinski definition) is 2. The number of amides is 1. The highest BCUT2D eigenvalue weighted by atomic mass is 35.5. The van der Waals surface area contributed by atoms with Gasteiger partial charge < -0.3 is 15.2 Å². The summed E-state index contributed by atoms with van der Waals surface area (Å²) in [6.07, 6.45) is -13.7. The van der Waals surface area contributed by atoms with Crippen LogP contribution in [0.1, 0.15) is 52.2 Å². The number of carbonyl (C=O) groups is 1. The Bertz CT molecular complexity index is 1840. The molecule has 0 spiro atoms. The number of hydrogen-bond acceptors (Lipinski definition) is 4. The van der Waals surface area contributed by atoms with Crippen molar-refractivity contribution in [2.45, 2.75) is 56.0 Å². The van der Waals surface area contributed by atoms with Crippen LogP contribution in [0.15, 0.2) is 67.0 Å². The molecule has 1 atom stereocenters. The van der Waals surface area contributed by atoms with E-state index in [1.807, 2.05) is 12.1 Å². The van der Waals surface area contributed by atoms with E-state index in [0.717, 1.165) is 30.2 Å². The molecule has 0 radical (unpaired) electrons. The lowest BCUT2D eigenvalue weighted by molar-refractivity contribution is -0.348. The average Bonchev–Trinajstić information content (AvgIpc) is 3.64. The van der Waals surface area contributed by atoms with Gasteiger partial charge in [-0.05, 0) is 72.6 Å². The first-order chi connectivity index (χ1) is 22.8. The molecule has 0 aliphatic heterocycles. The molecule has 3 aromatic carbocycles. The van der Waals surface area contributed by atoms with Gasteiger partial charge in [0.05, 0.1) is 16.8 Å². The highest BCUT2D eigenvalue weighted by molar-refractivity contribution is 6.32. The standard InChI is InChI=1S/C32H24ClF10N3O3/c33-24-13-21(29(34,30(35,36)37)31(38,39)40)14-26(49-32(41,42)43)27(24)46-16-20(15-45-46)19-10-9-18-8-7-17(23(18)12-19)4-3-11-44-28(48)22-5-1-2-6-25(22)47/h1-2,5-6,9-10,12-17,47H,3-4,7-8,11H2,(H,44,48). The fourth-order valence-electron chi connectivity index (χ4n) is 5.76. The van der Waals surface area contributed by atoms with Crippen LogP contribution in [0.3, 0.4) is 0 Å². The Kier molecular flexibility index (Phi) is 9.58. The molecule has 4 aromatic rings. The van der Waals surface area contributed by atoms with Crippen LogP contribution in [0.4, 0.5) is 43.9 Å². The molecule has 0 saturated heterocycles. The number of phenols is 1. The molecule has 6 nitrogen and oxygen atoms in total. The van der Waals surface area contributed by atoms with Crippen LogP contribution in [0.5, 0.6) is 11.5 Å². The van der Waals surface area contributed by atoms with Crippen LogP contribution in [-0.4, -0.2) is 46.1 Å². The maximum Gasteiger partial charge on any atom is 0.573 e. The summed E-state index contributed by atoms with van der Waals surface area (Å²) in [5.74, 6) is -2.13. The van der Waals surface area contributed by atoms with Gasteiger partial charge in [-0.1, -0.05) is 41.9 Å². The minimum atomic E-state index is -6.62. The number of nitrogens with one attached hydrogen (secondary N) is 1. The quantitative estimate of drug-likeness (QED) is 0.133. The van der Waals surface area contributed by atoms with E-state index in [4.69, 9.17) is 11.6 Å². The second kappa shape index (κ2) is 13.1. The number of para-hydroxylation sites is 1. The van der Waals surface area contributed by atoms with E-state index in [0.29, 0.717) is 35.2 Å². The number of aryl methyl sites for hydroxylation is 1. The number of alkyl halides is 10. The lowest BCUT2D eigenvalue weighted by Crippen LogP contribution is -2.50. The van der Waals surface area contributed by atoms with Gasteiger partial charge in [-0.3, -0.25) is 4.79 Å². The van der Waals surface area contributed by atoms with Gasteiger partial charge in [0.1, 0.15) is 11.4 Å². The number of benzene rings is 3. The van der Waals surface area contributed by atoms with Gasteiger partial charge in [0.15, 0.2) is 5.75 Å². The van der Waals surface area contributed by atoms with Crippen LogP contribution >= 0.6 is 11.6 Å². The minimum absolute atomic E-state index is 0.0759. The van der Waals surface area contributed by atoms with Crippen molar-refractivity contribution in [1.82, 2.24) is 15.1 Å². The molecule has 0 bridgehead atoms. The van der Waals surface area contributed by atoms with E-state index in [1.165, 1.54) is 18.3 Å². The Labute approximate surface area is 276 Å². The summed E-state index contributed by atoms with van der Waals surface area (Å²) in [5, 5.41) is 15.4. The van der Waals surface area contributed by atoms with E-state index >= 15 is 0 Å². The van der Waals surface area contributed by atoms with Gasteiger partial charge >= 0.3 is 24.4 Å². The van der Waals surface area contributed by atoms with E-state index in [2.05, 4.69) is 15.2 Å². The first-order valence-corrected chi connectivity index (χ1v) is 14.8. The molecule has 2 N–H and O–H groups in total. The number of fused-ring (bicyclic) bond motifs is 1. The molecule has 1 aliphatic rings. The summed E-state index contributed by atoms with van der Waals surface area (Å²) in [4.78, 5) is 12.4. The molecule has 1 aromatic heterocycles. The van der Waals surface area contributed by atoms with Gasteiger partial charge in [0.2, 0.25) is 0 Å². The SMILES string of the molecule is O=C(NCCCC1CCc2ccc(-c3cnn(-c4c(Cl)cc(C(F)(C(F)(F)F)C(F)(F)F)cc4OC(F)(F)F)c3)cc21)c1ccccc1O. The van der Waals surface area contributed by atoms with Crippen LogP contribution in [0, 0.1) is 0 Å². The normalized spacial score (nSPS) is 15.3. The van der Waals surface area contributed by atoms with Crippen molar-refractivity contribution in [2.24, 2.45) is 0 Å². The highest BCUT2D eigenvalue weighted by Crippen LogP contribution is 2.55. The molecule has 17 heteroatoms. The monoisotopic (exact) mass is 723 g/mol. The average molecular weight is 724 g/mol. The van der Waals surface area contributed by atoms with Crippen molar-refractivity contribution in [2.75, 3.05) is 6.54 Å². The van der Waals surface area contributed by atoms with Crippen molar-refractivity contribution in [1.29, 1.82) is 0 Å². The van der Waals surface area contributed by atoms with E-state index in [9.17, 15) is 53.8 Å². The first kappa shape index (κ1) is 35.8. The van der Waals surface area contributed by atoms with Crippen LogP contribution < -0.4 is 10.1 Å². The van der Waals surface area contributed by atoms with Crippen molar-refractivity contribution in [3.63, 3.8) is 0 Å². The molecule has 262 valence electrons. The number of rotatable bonds is 9. The summed E-state index contributed by atoms with van der Waals surface area (Å²) < 4.78 is 139. The zero-order chi connectivity index (χ0) is 35.9. The highest BCUT2D eigenvalue weighted by Gasteiger charge is 2.73. The topological polar surface area (TPSA) is 76.4 Å². The molecule has 0 fully saturated rings. The molecular weight excluding hydrogens is 700 g/mol. The van der Waals surface area contributed by atoms with Crippen molar-refractivity contribution in [3.05, 3.63) is 94.3 Å². The third-order valence-electron chi connectivity index (χ3n) is 8.09. The second-order valence-corrected chi connectivity index (χ2v) is 11.7. The number of aromatic hydroxyl groups is 1. The number of halogens is 11. The Morgan fingerprint density at radius 3 is 2.31 bits per heavy atom. The number of nitrogens with zero attached hydrogens (tertiary/aromatic N) is 2. The predicted molar refractivity (Wildman–Crippen MR) is 156 cm³/mol. The Morgan fingerprint density at radius 2 is 1.65 bits per heavy atom. The number of phenolic OH excluding ortho intramolecular Hbond substituents is 1. The van der Waals surface area contributed by atoms with Crippen molar-refractivity contribution < 1.29 is 58.5 Å². The molecule has 5 rings (SSSR count). The zero-order valence-corrected chi connectivity index (χ0v) is 25.5. The maximum atomic E-state index is 14.8. The molecule has 1 aliphatic carbocycles. The van der Waals surface area contributed by atoms with Gasteiger partial charge in [0, 0.05) is 23.9 Å². The molecular formula is C32H24ClF10N3O3. The second-order valence-electron chi connectivity index (χ2n) is 11.2. The zero-order valence-electron chi connectivity index (χ0n) is 24.8. The van der Waals surface area contributed by atoms with Gasteiger partial charge in [-0.15, -0.1) is 13.2 Å². The van der Waals surface area contributed by atoms with Crippen LogP contribution in [0.25, 0.3) is 16.8 Å². The van der Waals surface area contributed by atoms with Crippen molar-refractivity contribution in [3.8, 4) is 28.3 Å². The lowest BCUT2D eigenvalue weighted by atomic mass is 9.93. The fourth-order valence-corrected chi connectivity index (χ4v) is 6.06. The molecule has 0 saturated carbocycles. The lowest BCUT2D eigenvalue weighted by Gasteiger charge is -2.31. The molecule has 49 heavy (non-hydrogen) atoms. The van der Waals surface area contributed by atoms with E-state index in [-0.39, 0.29) is 29.4 Å². The summed E-state index contributed by atoms with van der Waals surface area (Å²) >= 11 is 5.93. The third kappa shape index (κ3) is 7.28. The first-order valence-electron chi connectivity index (χ1n) is 14.5. The number of aromatic nitrogens is 2. The van der Waals surface area contributed by atoms with E-state index < -0.39 is 52.3 Å². The van der Waals surface area contributed by atoms with Crippen LogP contribution in [0.2, 0.25) is 5.02 Å². The Balaban J connectivity index is 1.39. The largest absolute Gasteiger partial charge is 0.573 e. The molecule has 1 unspecified atom stereocenters. The minimum Gasteiger partial charge on any atom is -0.507 e. The summed E-state index contributed by atoms with van der Waals surface area (Å²) in [7, 11) is 0. The fraction of sp³-hybridized carbons (Fsp3) is 0.312. The Hall–Kier alpha value is -4.47. The van der Waals surface area contributed by atoms with Gasteiger partial charge in [-0.2, -0.15) is 31.4 Å². The van der Waals surface area contributed by atoms with Gasteiger partial charge in [-0.25, -0.2) is 9.07 Å². The summed E-state index contributed by atoms with van der Waals surface area (Å²) in [5.41, 5.74) is -6.23. The smallest absolute Gasteiger partial charge is 0.507 e. The van der Waals surface area contributed by atoms with Gasteiger partial charge in [0.25, 0.3) is 5.91 Å². The summed E-state index contributed by atoms with van der Waals surface area (Å²) in [6, 6.07) is 11.0. The third-order valence-corrected chi connectivity index (χ3v) is 8.38.